The summed E-state index contributed by atoms with van der Waals surface area (Å²) in [4.78, 5) is 40.9. The maximum Gasteiger partial charge on any atom is 0.328 e. The lowest BCUT2D eigenvalue weighted by molar-refractivity contribution is -0.133. The fraction of sp³-hybridized carbons (Fsp3) is 0.438. The van der Waals surface area contributed by atoms with Crippen LogP contribution < -0.4 is 4.90 Å². The van der Waals surface area contributed by atoms with Gasteiger partial charge >= 0.3 is 6.03 Å². The minimum absolute atomic E-state index is 0.0586. The summed E-state index contributed by atoms with van der Waals surface area (Å²) in [5.41, 5.74) is -0.426. The minimum atomic E-state index is -0.991. The topological polar surface area (TPSA) is 60.9 Å². The van der Waals surface area contributed by atoms with Gasteiger partial charge in [0.25, 0.3) is 11.8 Å². The van der Waals surface area contributed by atoms with E-state index in [4.69, 9.17) is 0 Å². The molecule has 1 aromatic rings. The van der Waals surface area contributed by atoms with E-state index in [2.05, 4.69) is 0 Å². The fourth-order valence-corrected chi connectivity index (χ4v) is 3.81. The number of imide groups is 1. The van der Waals surface area contributed by atoms with Crippen molar-refractivity contribution in [2.75, 3.05) is 18.0 Å². The second-order valence-corrected chi connectivity index (χ2v) is 6.21. The summed E-state index contributed by atoms with van der Waals surface area (Å²) in [5, 5.41) is 0. The van der Waals surface area contributed by atoms with Gasteiger partial charge in [0, 0.05) is 13.1 Å². The summed E-state index contributed by atoms with van der Waals surface area (Å²) in [6, 6.07) is 1.40. The molecule has 0 saturated carbocycles. The second-order valence-electron chi connectivity index (χ2n) is 6.21. The molecule has 0 aromatic heterocycles. The molecule has 4 rings (SSSR count). The van der Waals surface area contributed by atoms with E-state index in [-0.39, 0.29) is 18.9 Å². The highest BCUT2D eigenvalue weighted by molar-refractivity contribution is 6.11. The van der Waals surface area contributed by atoms with Crippen LogP contribution in [-0.2, 0) is 9.59 Å². The molecule has 4 amide bonds. The number of halogens is 2. The molecule has 3 heterocycles. The van der Waals surface area contributed by atoms with Crippen molar-refractivity contribution in [2.45, 2.75) is 31.3 Å². The molecule has 0 bridgehead atoms. The van der Waals surface area contributed by atoms with Crippen LogP contribution in [0.1, 0.15) is 19.3 Å². The molecule has 126 valence electrons. The largest absolute Gasteiger partial charge is 0.328 e. The van der Waals surface area contributed by atoms with Crippen molar-refractivity contribution < 1.29 is 23.2 Å². The maximum absolute atomic E-state index is 13.9. The van der Waals surface area contributed by atoms with Crippen LogP contribution in [0.25, 0.3) is 0 Å². The molecule has 24 heavy (non-hydrogen) atoms. The Kier molecular flexibility index (Phi) is 3.29. The molecule has 1 aromatic carbocycles. The first kappa shape index (κ1) is 15.0. The molecule has 0 spiro atoms. The number of carbonyl (C=O) groups excluding carboxylic acids is 3. The van der Waals surface area contributed by atoms with Crippen LogP contribution in [0.15, 0.2) is 18.2 Å². The number of nitrogens with zero attached hydrogens (tertiary/aromatic N) is 3. The molecule has 3 saturated heterocycles. The lowest BCUT2D eigenvalue weighted by atomic mass is 10.1. The van der Waals surface area contributed by atoms with Crippen LogP contribution in [0, 0.1) is 11.6 Å². The lowest BCUT2D eigenvalue weighted by Crippen LogP contribution is -2.46. The van der Waals surface area contributed by atoms with Gasteiger partial charge in [-0.1, -0.05) is 6.07 Å². The van der Waals surface area contributed by atoms with Crippen LogP contribution in [0.4, 0.5) is 19.3 Å². The zero-order valence-corrected chi connectivity index (χ0v) is 12.7. The highest BCUT2D eigenvalue weighted by Gasteiger charge is 2.53. The van der Waals surface area contributed by atoms with Gasteiger partial charge in [-0.05, 0) is 31.4 Å². The molecule has 6 nitrogen and oxygen atoms in total. The Balaban J connectivity index is 1.63. The van der Waals surface area contributed by atoms with Crippen molar-refractivity contribution in [2.24, 2.45) is 0 Å². The first-order valence-electron chi connectivity index (χ1n) is 7.90. The van der Waals surface area contributed by atoms with E-state index in [1.165, 1.54) is 11.0 Å². The van der Waals surface area contributed by atoms with Gasteiger partial charge in [-0.25, -0.2) is 18.5 Å². The number of urea groups is 1. The average Bonchev–Trinajstić information content (AvgIpc) is 3.21. The zero-order valence-electron chi connectivity index (χ0n) is 12.7. The normalized spacial score (nSPS) is 26.8. The van der Waals surface area contributed by atoms with Crippen molar-refractivity contribution in [1.82, 2.24) is 9.80 Å². The fourth-order valence-electron chi connectivity index (χ4n) is 3.81. The molecule has 2 atom stereocenters. The molecule has 3 fully saturated rings. The van der Waals surface area contributed by atoms with E-state index in [9.17, 15) is 23.2 Å². The Morgan fingerprint density at radius 1 is 0.917 bits per heavy atom. The van der Waals surface area contributed by atoms with E-state index in [0.717, 1.165) is 28.4 Å². The third-order valence-corrected chi connectivity index (χ3v) is 4.92. The predicted molar refractivity (Wildman–Crippen MR) is 79.1 cm³/mol. The SMILES string of the molecule is O=C1C(N2C(=O)[C@H]3CCCN3C2=O)CCN1c1c(F)cccc1F. The summed E-state index contributed by atoms with van der Waals surface area (Å²) >= 11 is 0. The Bertz CT molecular complexity index is 712. The summed E-state index contributed by atoms with van der Waals surface area (Å²) in [5.74, 6) is -2.69. The first-order valence-corrected chi connectivity index (χ1v) is 7.90. The van der Waals surface area contributed by atoms with Crippen molar-refractivity contribution in [3.05, 3.63) is 29.8 Å². The molecule has 8 heteroatoms. The Hall–Kier alpha value is -2.51. The maximum atomic E-state index is 13.9. The Morgan fingerprint density at radius 2 is 1.62 bits per heavy atom. The van der Waals surface area contributed by atoms with Gasteiger partial charge in [-0.15, -0.1) is 0 Å². The molecular formula is C16H15F2N3O3. The van der Waals surface area contributed by atoms with E-state index in [0.29, 0.717) is 13.0 Å². The number of anilines is 1. The highest BCUT2D eigenvalue weighted by Crippen LogP contribution is 2.34. The van der Waals surface area contributed by atoms with Crippen molar-refractivity contribution in [3.63, 3.8) is 0 Å². The highest BCUT2D eigenvalue weighted by atomic mass is 19.1. The number of amides is 4. The molecule has 0 aliphatic carbocycles. The van der Waals surface area contributed by atoms with Gasteiger partial charge < -0.3 is 9.80 Å². The van der Waals surface area contributed by atoms with Crippen LogP contribution in [0.2, 0.25) is 0 Å². The van der Waals surface area contributed by atoms with E-state index in [1.807, 2.05) is 0 Å². The molecule has 0 radical (unpaired) electrons. The molecule has 3 aliphatic rings. The number of carbonyl (C=O) groups is 3. The van der Waals surface area contributed by atoms with Gasteiger partial charge in [-0.2, -0.15) is 0 Å². The third-order valence-electron chi connectivity index (χ3n) is 4.92. The Morgan fingerprint density at radius 3 is 2.29 bits per heavy atom. The van der Waals surface area contributed by atoms with Crippen molar-refractivity contribution in [1.29, 1.82) is 0 Å². The van der Waals surface area contributed by atoms with Crippen LogP contribution in [0.5, 0.6) is 0 Å². The second kappa shape index (κ2) is 5.25. The molecular weight excluding hydrogens is 320 g/mol. The van der Waals surface area contributed by atoms with Crippen molar-refractivity contribution >= 4 is 23.5 Å². The minimum Gasteiger partial charge on any atom is -0.312 e. The smallest absolute Gasteiger partial charge is 0.312 e. The van der Waals surface area contributed by atoms with Gasteiger partial charge in [-0.3, -0.25) is 9.59 Å². The first-order chi connectivity index (χ1) is 11.5. The number of para-hydroxylation sites is 1. The summed E-state index contributed by atoms with van der Waals surface area (Å²) < 4.78 is 27.9. The average molecular weight is 335 g/mol. The number of benzene rings is 1. The summed E-state index contributed by atoms with van der Waals surface area (Å²) in [7, 11) is 0. The summed E-state index contributed by atoms with van der Waals surface area (Å²) in [6.07, 6.45) is 1.53. The van der Waals surface area contributed by atoms with Gasteiger partial charge in [0.2, 0.25) is 0 Å². The molecule has 3 aliphatic heterocycles. The standard InChI is InChI=1S/C16H15F2N3O3/c17-9-3-1-4-10(18)13(9)20-8-6-12(14(20)22)21-15(23)11-5-2-7-19(11)16(21)24/h1,3-4,11-12H,2,5-8H2/t11-,12?/m1/s1. The zero-order chi connectivity index (χ0) is 17.0. The van der Waals surface area contributed by atoms with E-state index < -0.39 is 41.3 Å². The van der Waals surface area contributed by atoms with E-state index >= 15 is 0 Å². The van der Waals surface area contributed by atoms with Crippen molar-refractivity contribution in [3.8, 4) is 0 Å². The number of rotatable bonds is 2. The predicted octanol–water partition coefficient (Wildman–Crippen LogP) is 1.50. The molecule has 1 unspecified atom stereocenters. The van der Waals surface area contributed by atoms with Gasteiger partial charge in [0.15, 0.2) is 0 Å². The van der Waals surface area contributed by atoms with E-state index in [1.54, 1.807) is 0 Å². The quantitative estimate of drug-likeness (QED) is 0.770. The Labute approximate surface area is 136 Å². The summed E-state index contributed by atoms with van der Waals surface area (Å²) in [6.45, 7) is 0.557. The number of hydrogen-bond acceptors (Lipinski definition) is 3. The number of fused-ring (bicyclic) bond motifs is 1. The van der Waals surface area contributed by atoms with Crippen LogP contribution in [0.3, 0.4) is 0 Å². The van der Waals surface area contributed by atoms with Crippen LogP contribution >= 0.6 is 0 Å². The van der Waals surface area contributed by atoms with Gasteiger partial charge in [0.05, 0.1) is 0 Å². The lowest BCUT2D eigenvalue weighted by Gasteiger charge is -2.22. The number of hydrogen-bond donors (Lipinski definition) is 0. The monoisotopic (exact) mass is 335 g/mol. The third kappa shape index (κ3) is 1.95. The molecule has 0 N–H and O–H groups in total. The van der Waals surface area contributed by atoms with Crippen LogP contribution in [-0.4, -0.2) is 52.8 Å². The van der Waals surface area contributed by atoms with Gasteiger partial charge in [0.1, 0.15) is 29.4 Å².